The van der Waals surface area contributed by atoms with E-state index in [9.17, 15) is 18.4 Å². The SMILES string of the molecule is O=C(CCc1ncc(-c2ccc(F)cc2)o1)N1CCN(C(=O)c2ccccc2F)CC1. The molecule has 2 amide bonds. The molecule has 0 saturated carbocycles. The molecule has 2 aromatic carbocycles. The molecule has 0 unspecified atom stereocenters. The molecule has 31 heavy (non-hydrogen) atoms. The van der Waals surface area contributed by atoms with Gasteiger partial charge in [-0.05, 0) is 36.4 Å². The number of nitrogens with zero attached hydrogens (tertiary/aromatic N) is 3. The molecule has 3 aromatic rings. The zero-order valence-corrected chi connectivity index (χ0v) is 16.8. The summed E-state index contributed by atoms with van der Waals surface area (Å²) in [6, 6.07) is 11.8. The highest BCUT2D eigenvalue weighted by Crippen LogP contribution is 2.21. The van der Waals surface area contributed by atoms with Crippen LogP contribution in [0, 0.1) is 11.6 Å². The Morgan fingerprint density at radius 2 is 1.61 bits per heavy atom. The number of hydrogen-bond donors (Lipinski definition) is 0. The van der Waals surface area contributed by atoms with Gasteiger partial charge < -0.3 is 14.2 Å². The normalized spacial score (nSPS) is 14.0. The molecular formula is C23H21F2N3O3. The zero-order valence-electron chi connectivity index (χ0n) is 16.8. The first-order chi connectivity index (χ1) is 15.0. The number of carbonyl (C=O) groups is 2. The van der Waals surface area contributed by atoms with Crippen molar-refractivity contribution in [2.45, 2.75) is 12.8 Å². The van der Waals surface area contributed by atoms with E-state index in [1.807, 2.05) is 0 Å². The van der Waals surface area contributed by atoms with Gasteiger partial charge in [0.2, 0.25) is 5.91 Å². The van der Waals surface area contributed by atoms with Crippen LogP contribution in [-0.4, -0.2) is 52.8 Å². The van der Waals surface area contributed by atoms with Gasteiger partial charge in [0.15, 0.2) is 11.7 Å². The first kappa shape index (κ1) is 20.7. The predicted octanol–water partition coefficient (Wildman–Crippen LogP) is 3.54. The Morgan fingerprint density at radius 1 is 0.935 bits per heavy atom. The van der Waals surface area contributed by atoms with Crippen LogP contribution < -0.4 is 0 Å². The minimum absolute atomic E-state index is 0.0446. The van der Waals surface area contributed by atoms with Crippen LogP contribution in [0.2, 0.25) is 0 Å². The van der Waals surface area contributed by atoms with E-state index >= 15 is 0 Å². The van der Waals surface area contributed by atoms with Crippen LogP contribution in [0.5, 0.6) is 0 Å². The summed E-state index contributed by atoms with van der Waals surface area (Å²) in [6.45, 7) is 1.50. The van der Waals surface area contributed by atoms with Gasteiger partial charge in [-0.1, -0.05) is 12.1 Å². The maximum atomic E-state index is 13.8. The molecule has 8 heteroatoms. The molecule has 2 heterocycles. The molecule has 0 N–H and O–H groups in total. The fraction of sp³-hybridized carbons (Fsp3) is 0.261. The van der Waals surface area contributed by atoms with Crippen molar-refractivity contribution >= 4 is 11.8 Å². The van der Waals surface area contributed by atoms with Crippen LogP contribution in [0.25, 0.3) is 11.3 Å². The molecule has 0 atom stereocenters. The van der Waals surface area contributed by atoms with E-state index in [-0.39, 0.29) is 29.6 Å². The minimum atomic E-state index is -0.544. The Balaban J connectivity index is 1.27. The second-order valence-corrected chi connectivity index (χ2v) is 7.28. The molecule has 1 aromatic heterocycles. The summed E-state index contributed by atoms with van der Waals surface area (Å²) in [4.78, 5) is 32.5. The molecule has 6 nitrogen and oxygen atoms in total. The second-order valence-electron chi connectivity index (χ2n) is 7.28. The second kappa shape index (κ2) is 9.07. The minimum Gasteiger partial charge on any atom is -0.441 e. The van der Waals surface area contributed by atoms with E-state index < -0.39 is 5.82 Å². The standard InChI is InChI=1S/C23H21F2N3O3/c24-17-7-5-16(6-8-17)20-15-26-21(31-20)9-10-22(29)27-11-13-28(14-12-27)23(30)18-3-1-2-4-19(18)25/h1-8,15H,9-14H2. The van der Waals surface area contributed by atoms with E-state index in [1.54, 1.807) is 40.3 Å². The van der Waals surface area contributed by atoms with Gasteiger partial charge in [-0.2, -0.15) is 0 Å². The summed E-state index contributed by atoms with van der Waals surface area (Å²) in [6.07, 6.45) is 2.12. The van der Waals surface area contributed by atoms with Crippen LogP contribution in [0.15, 0.2) is 59.1 Å². The zero-order chi connectivity index (χ0) is 21.8. The number of hydrogen-bond acceptors (Lipinski definition) is 4. The van der Waals surface area contributed by atoms with Crippen LogP contribution in [0.1, 0.15) is 22.7 Å². The Labute approximate surface area is 178 Å². The Kier molecular flexibility index (Phi) is 6.06. The first-order valence-corrected chi connectivity index (χ1v) is 10.0. The molecule has 4 rings (SSSR count). The van der Waals surface area contributed by atoms with Crippen LogP contribution in [-0.2, 0) is 11.2 Å². The van der Waals surface area contributed by atoms with Crippen molar-refractivity contribution in [3.8, 4) is 11.3 Å². The van der Waals surface area contributed by atoms with E-state index in [4.69, 9.17) is 4.42 Å². The summed E-state index contributed by atoms with van der Waals surface area (Å²) >= 11 is 0. The predicted molar refractivity (Wildman–Crippen MR) is 109 cm³/mol. The van der Waals surface area contributed by atoms with E-state index in [1.165, 1.54) is 24.3 Å². The van der Waals surface area contributed by atoms with Crippen LogP contribution >= 0.6 is 0 Å². The summed E-state index contributed by atoms with van der Waals surface area (Å²) in [5, 5.41) is 0. The number of benzene rings is 2. The lowest BCUT2D eigenvalue weighted by Gasteiger charge is -2.34. The van der Waals surface area contributed by atoms with Crippen molar-refractivity contribution in [2.24, 2.45) is 0 Å². The molecular weight excluding hydrogens is 404 g/mol. The highest BCUT2D eigenvalue weighted by Gasteiger charge is 2.26. The quantitative estimate of drug-likeness (QED) is 0.627. The molecule has 1 aliphatic rings. The monoisotopic (exact) mass is 425 g/mol. The fourth-order valence-corrected chi connectivity index (χ4v) is 3.51. The van der Waals surface area contributed by atoms with Crippen molar-refractivity contribution < 1.29 is 22.8 Å². The van der Waals surface area contributed by atoms with E-state index in [0.717, 1.165) is 0 Å². The summed E-state index contributed by atoms with van der Waals surface area (Å²) in [5.41, 5.74) is 0.755. The van der Waals surface area contributed by atoms with Gasteiger partial charge in [-0.25, -0.2) is 13.8 Å². The highest BCUT2D eigenvalue weighted by molar-refractivity contribution is 5.94. The number of rotatable bonds is 5. The topological polar surface area (TPSA) is 66.7 Å². The van der Waals surface area contributed by atoms with Crippen molar-refractivity contribution in [2.75, 3.05) is 26.2 Å². The van der Waals surface area contributed by atoms with Crippen LogP contribution in [0.3, 0.4) is 0 Å². The van der Waals surface area contributed by atoms with Gasteiger partial charge in [-0.3, -0.25) is 9.59 Å². The van der Waals surface area contributed by atoms with Crippen molar-refractivity contribution in [3.05, 3.63) is 77.8 Å². The Hall–Kier alpha value is -3.55. The van der Waals surface area contributed by atoms with E-state index in [2.05, 4.69) is 4.98 Å². The molecule has 0 bridgehead atoms. The van der Waals surface area contributed by atoms with Gasteiger partial charge in [0.05, 0.1) is 11.8 Å². The van der Waals surface area contributed by atoms with Crippen molar-refractivity contribution in [3.63, 3.8) is 0 Å². The number of piperazine rings is 1. The van der Waals surface area contributed by atoms with Gasteiger partial charge in [-0.15, -0.1) is 0 Å². The summed E-state index contributed by atoms with van der Waals surface area (Å²) in [7, 11) is 0. The van der Waals surface area contributed by atoms with Gasteiger partial charge >= 0.3 is 0 Å². The lowest BCUT2D eigenvalue weighted by molar-refractivity contribution is -0.132. The molecule has 0 radical (unpaired) electrons. The third-order valence-electron chi connectivity index (χ3n) is 5.26. The van der Waals surface area contributed by atoms with Gasteiger partial charge in [0.1, 0.15) is 11.6 Å². The average Bonchev–Trinajstić information content (AvgIpc) is 3.27. The molecule has 0 spiro atoms. The number of aromatic nitrogens is 1. The lowest BCUT2D eigenvalue weighted by atomic mass is 10.1. The molecule has 1 saturated heterocycles. The smallest absolute Gasteiger partial charge is 0.256 e. The Bertz CT molecular complexity index is 1070. The number of halogens is 2. The molecule has 160 valence electrons. The Morgan fingerprint density at radius 3 is 2.32 bits per heavy atom. The third kappa shape index (κ3) is 4.79. The average molecular weight is 425 g/mol. The lowest BCUT2D eigenvalue weighted by Crippen LogP contribution is -2.50. The van der Waals surface area contributed by atoms with E-state index in [0.29, 0.717) is 49.8 Å². The maximum Gasteiger partial charge on any atom is 0.256 e. The highest BCUT2D eigenvalue weighted by atomic mass is 19.1. The van der Waals surface area contributed by atoms with Crippen molar-refractivity contribution in [1.82, 2.24) is 14.8 Å². The number of amides is 2. The number of aryl methyl sites for hydroxylation is 1. The molecule has 1 aliphatic heterocycles. The molecule has 0 aliphatic carbocycles. The van der Waals surface area contributed by atoms with Crippen LogP contribution in [0.4, 0.5) is 8.78 Å². The largest absolute Gasteiger partial charge is 0.441 e. The summed E-state index contributed by atoms with van der Waals surface area (Å²) < 4.78 is 32.5. The van der Waals surface area contributed by atoms with Gasteiger partial charge in [0.25, 0.3) is 5.91 Å². The fourth-order valence-electron chi connectivity index (χ4n) is 3.51. The third-order valence-corrected chi connectivity index (χ3v) is 5.26. The number of carbonyl (C=O) groups excluding carboxylic acids is 2. The summed E-state index contributed by atoms with van der Waals surface area (Å²) in [5.74, 6) is -0.344. The first-order valence-electron chi connectivity index (χ1n) is 10.0. The maximum absolute atomic E-state index is 13.8. The van der Waals surface area contributed by atoms with Crippen molar-refractivity contribution in [1.29, 1.82) is 0 Å². The van der Waals surface area contributed by atoms with Gasteiger partial charge in [0, 0.05) is 44.6 Å². The molecule has 1 fully saturated rings. The number of oxazole rings is 1.